The minimum atomic E-state index is -0.168. The van der Waals surface area contributed by atoms with Crippen molar-refractivity contribution in [1.29, 1.82) is 0 Å². The zero-order valence-electron chi connectivity index (χ0n) is 17.4. The Balaban J connectivity index is 1.45. The Morgan fingerprint density at radius 1 is 1.17 bits per heavy atom. The van der Waals surface area contributed by atoms with Crippen LogP contribution >= 0.6 is 0 Å². The van der Waals surface area contributed by atoms with E-state index in [4.69, 9.17) is 0 Å². The number of urea groups is 1. The molecule has 2 N–H and O–H groups in total. The van der Waals surface area contributed by atoms with Crippen LogP contribution in [-0.2, 0) is 22.7 Å². The Hall–Kier alpha value is -3.36. The molecular formula is C21H28N6O3. The van der Waals surface area contributed by atoms with Gasteiger partial charge in [-0.15, -0.1) is 0 Å². The molecule has 0 unspecified atom stereocenters. The number of piperidine rings is 1. The van der Waals surface area contributed by atoms with Crippen LogP contribution in [0.3, 0.4) is 0 Å². The van der Waals surface area contributed by atoms with Gasteiger partial charge in [0.1, 0.15) is 6.54 Å². The van der Waals surface area contributed by atoms with E-state index in [1.54, 1.807) is 47.0 Å². The fourth-order valence-electron chi connectivity index (χ4n) is 3.45. The Morgan fingerprint density at radius 2 is 1.93 bits per heavy atom. The fourth-order valence-corrected chi connectivity index (χ4v) is 3.45. The first kappa shape index (κ1) is 21.4. The fraction of sp³-hybridized carbons (Fsp3) is 0.429. The number of hydrogen-bond acceptors (Lipinski definition) is 4. The molecule has 0 bridgehead atoms. The lowest BCUT2D eigenvalue weighted by Gasteiger charge is -2.33. The standard InChI is InChI=1S/C21H28N6O3/c1-25(2)21(30)26-11-7-17(8-12-26)20(29)22-14-16-5-3-6-18(13-16)24-19(28)15-27-10-4-9-23-27/h3-6,9-10,13,17H,7-8,11-12,14-15H2,1-2H3,(H,22,29)(H,24,28). The highest BCUT2D eigenvalue weighted by molar-refractivity contribution is 5.90. The third-order valence-electron chi connectivity index (χ3n) is 5.06. The molecule has 0 spiro atoms. The summed E-state index contributed by atoms with van der Waals surface area (Å²) in [7, 11) is 3.46. The van der Waals surface area contributed by atoms with E-state index in [2.05, 4.69) is 15.7 Å². The van der Waals surface area contributed by atoms with Crippen molar-refractivity contribution in [3.8, 4) is 0 Å². The molecule has 2 heterocycles. The third kappa shape index (κ3) is 5.82. The second kappa shape index (κ2) is 9.91. The maximum Gasteiger partial charge on any atom is 0.319 e. The number of likely N-dealkylation sites (tertiary alicyclic amines) is 1. The lowest BCUT2D eigenvalue weighted by atomic mass is 9.96. The summed E-state index contributed by atoms with van der Waals surface area (Å²) < 4.78 is 1.55. The molecule has 1 aromatic carbocycles. The van der Waals surface area contributed by atoms with Crippen molar-refractivity contribution < 1.29 is 14.4 Å². The van der Waals surface area contributed by atoms with Crippen LogP contribution in [-0.4, -0.2) is 64.6 Å². The predicted octanol–water partition coefficient (Wildman–Crippen LogP) is 1.53. The van der Waals surface area contributed by atoms with Crippen molar-refractivity contribution in [2.24, 2.45) is 5.92 Å². The number of nitrogens with zero attached hydrogens (tertiary/aromatic N) is 4. The molecule has 0 atom stereocenters. The maximum absolute atomic E-state index is 12.5. The van der Waals surface area contributed by atoms with Gasteiger partial charge < -0.3 is 20.4 Å². The number of rotatable bonds is 6. The molecule has 9 heteroatoms. The van der Waals surface area contributed by atoms with E-state index in [1.807, 2.05) is 24.3 Å². The summed E-state index contributed by atoms with van der Waals surface area (Å²) in [5.74, 6) is -0.257. The predicted molar refractivity (Wildman–Crippen MR) is 113 cm³/mol. The van der Waals surface area contributed by atoms with Gasteiger partial charge >= 0.3 is 6.03 Å². The third-order valence-corrected chi connectivity index (χ3v) is 5.06. The average Bonchev–Trinajstić information content (AvgIpc) is 3.24. The number of hydrogen-bond donors (Lipinski definition) is 2. The number of amides is 4. The van der Waals surface area contributed by atoms with Gasteiger partial charge in [0.05, 0.1) is 0 Å². The van der Waals surface area contributed by atoms with Gasteiger partial charge in [0.2, 0.25) is 11.8 Å². The van der Waals surface area contributed by atoms with Gasteiger partial charge in [-0.25, -0.2) is 4.79 Å². The zero-order valence-corrected chi connectivity index (χ0v) is 17.4. The van der Waals surface area contributed by atoms with Crippen molar-refractivity contribution in [1.82, 2.24) is 24.9 Å². The van der Waals surface area contributed by atoms with E-state index in [0.29, 0.717) is 38.2 Å². The summed E-state index contributed by atoms with van der Waals surface area (Å²) in [6.45, 7) is 1.71. The van der Waals surface area contributed by atoms with Gasteiger partial charge in [0, 0.05) is 57.7 Å². The van der Waals surface area contributed by atoms with Crippen molar-refractivity contribution in [3.63, 3.8) is 0 Å². The second-order valence-corrected chi connectivity index (χ2v) is 7.61. The molecule has 0 saturated carbocycles. The average molecular weight is 412 g/mol. The molecule has 4 amide bonds. The minimum absolute atomic E-state index is 0.0000674. The molecule has 9 nitrogen and oxygen atoms in total. The molecule has 0 aliphatic carbocycles. The summed E-state index contributed by atoms with van der Waals surface area (Å²) in [6.07, 6.45) is 4.68. The monoisotopic (exact) mass is 412 g/mol. The Bertz CT molecular complexity index is 873. The highest BCUT2D eigenvalue weighted by Gasteiger charge is 2.27. The van der Waals surface area contributed by atoms with Crippen molar-refractivity contribution in [3.05, 3.63) is 48.3 Å². The minimum Gasteiger partial charge on any atom is -0.352 e. The lowest BCUT2D eigenvalue weighted by molar-refractivity contribution is -0.126. The number of benzene rings is 1. The van der Waals surface area contributed by atoms with Gasteiger partial charge in [0.25, 0.3) is 0 Å². The van der Waals surface area contributed by atoms with Gasteiger partial charge in [-0.2, -0.15) is 5.10 Å². The normalized spacial score (nSPS) is 14.3. The second-order valence-electron chi connectivity index (χ2n) is 7.61. The van der Waals surface area contributed by atoms with E-state index in [0.717, 1.165) is 5.56 Å². The van der Waals surface area contributed by atoms with Crippen molar-refractivity contribution >= 4 is 23.5 Å². The lowest BCUT2D eigenvalue weighted by Crippen LogP contribution is -2.46. The summed E-state index contributed by atoms with van der Waals surface area (Å²) in [4.78, 5) is 40.0. The quantitative estimate of drug-likeness (QED) is 0.752. The first-order chi connectivity index (χ1) is 14.4. The Morgan fingerprint density at radius 3 is 2.60 bits per heavy atom. The molecular weight excluding hydrogens is 384 g/mol. The maximum atomic E-state index is 12.5. The van der Waals surface area contributed by atoms with Crippen molar-refractivity contribution in [2.45, 2.75) is 25.9 Å². The van der Waals surface area contributed by atoms with Crippen LogP contribution in [0.15, 0.2) is 42.7 Å². The molecule has 2 aromatic rings. The van der Waals surface area contributed by atoms with Crippen LogP contribution in [0.2, 0.25) is 0 Å². The summed E-state index contributed by atoms with van der Waals surface area (Å²) in [5.41, 5.74) is 1.58. The van der Waals surface area contributed by atoms with Crippen LogP contribution in [0.25, 0.3) is 0 Å². The molecule has 160 valence electrons. The molecule has 0 radical (unpaired) electrons. The van der Waals surface area contributed by atoms with E-state index in [1.165, 1.54) is 0 Å². The van der Waals surface area contributed by atoms with Crippen molar-refractivity contribution in [2.75, 3.05) is 32.5 Å². The van der Waals surface area contributed by atoms with Gasteiger partial charge in [-0.05, 0) is 36.6 Å². The summed E-state index contributed by atoms with van der Waals surface area (Å²) in [5, 5.41) is 9.83. The summed E-state index contributed by atoms with van der Waals surface area (Å²) in [6, 6.07) is 9.16. The molecule has 1 aliphatic rings. The Labute approximate surface area is 176 Å². The van der Waals surface area contributed by atoms with Crippen LogP contribution < -0.4 is 10.6 Å². The molecule has 1 aromatic heterocycles. The Kier molecular flexibility index (Phi) is 7.05. The van der Waals surface area contributed by atoms with Crippen LogP contribution in [0.4, 0.5) is 10.5 Å². The SMILES string of the molecule is CN(C)C(=O)N1CCC(C(=O)NCc2cccc(NC(=O)Cn3cccn3)c2)CC1. The highest BCUT2D eigenvalue weighted by Crippen LogP contribution is 2.18. The number of aromatic nitrogens is 2. The van der Waals surface area contributed by atoms with Gasteiger partial charge in [-0.1, -0.05) is 12.1 Å². The molecule has 1 fully saturated rings. The smallest absolute Gasteiger partial charge is 0.319 e. The molecule has 1 saturated heterocycles. The zero-order chi connectivity index (χ0) is 21.5. The van der Waals surface area contributed by atoms with E-state index < -0.39 is 0 Å². The summed E-state index contributed by atoms with van der Waals surface area (Å²) >= 11 is 0. The highest BCUT2D eigenvalue weighted by atomic mass is 16.2. The number of anilines is 1. The number of carbonyl (C=O) groups is 3. The molecule has 3 rings (SSSR count). The largest absolute Gasteiger partial charge is 0.352 e. The first-order valence-corrected chi connectivity index (χ1v) is 10.0. The number of nitrogens with one attached hydrogen (secondary N) is 2. The van der Waals surface area contributed by atoms with Gasteiger partial charge in [0.15, 0.2) is 0 Å². The van der Waals surface area contributed by atoms with Gasteiger partial charge in [-0.3, -0.25) is 14.3 Å². The molecule has 30 heavy (non-hydrogen) atoms. The molecule has 1 aliphatic heterocycles. The van der Waals surface area contributed by atoms with E-state index in [9.17, 15) is 14.4 Å². The van der Waals surface area contributed by atoms with E-state index in [-0.39, 0.29) is 30.3 Å². The van der Waals surface area contributed by atoms with Crippen LogP contribution in [0.1, 0.15) is 18.4 Å². The first-order valence-electron chi connectivity index (χ1n) is 10.0. The van der Waals surface area contributed by atoms with Crippen LogP contribution in [0, 0.1) is 5.92 Å². The van der Waals surface area contributed by atoms with Crippen LogP contribution in [0.5, 0.6) is 0 Å². The van der Waals surface area contributed by atoms with E-state index >= 15 is 0 Å². The number of carbonyl (C=O) groups excluding carboxylic acids is 3. The topological polar surface area (TPSA) is 99.6 Å².